The molecule has 0 amide bonds. The van der Waals surface area contributed by atoms with Gasteiger partial charge in [-0.25, -0.2) is 0 Å². The summed E-state index contributed by atoms with van der Waals surface area (Å²) in [6, 6.07) is 0. The van der Waals surface area contributed by atoms with Crippen molar-refractivity contribution < 1.29 is 19.7 Å². The molecule has 124 valence electrons. The average molecular weight is 292 g/mol. The fourth-order valence-corrected chi connectivity index (χ4v) is 1.34. The number of rotatable bonds is 12. The average Bonchev–Trinajstić information content (AvgIpc) is 2.44. The Morgan fingerprint density at radius 1 is 0.900 bits per heavy atom. The third kappa shape index (κ3) is 23.0. The molecule has 0 rings (SSSR count). The highest BCUT2D eigenvalue weighted by Crippen LogP contribution is 1.99. The van der Waals surface area contributed by atoms with E-state index in [-0.39, 0.29) is 12.7 Å². The molecule has 0 heterocycles. The van der Waals surface area contributed by atoms with E-state index in [1.54, 1.807) is 13.8 Å². The maximum atomic E-state index is 8.69. The van der Waals surface area contributed by atoms with Crippen LogP contribution < -0.4 is 0 Å². The third-order valence-corrected chi connectivity index (χ3v) is 2.66. The van der Waals surface area contributed by atoms with Crippen molar-refractivity contribution in [3.8, 4) is 0 Å². The van der Waals surface area contributed by atoms with Gasteiger partial charge in [0, 0.05) is 13.2 Å². The summed E-state index contributed by atoms with van der Waals surface area (Å²) in [5, 5.41) is 17.1. The summed E-state index contributed by atoms with van der Waals surface area (Å²) >= 11 is 0. The lowest BCUT2D eigenvalue weighted by atomic mass is 10.2. The fourth-order valence-electron chi connectivity index (χ4n) is 1.34. The standard InChI is InChI=1S/C10H22O.C6H14O3/c1-3-5-7-8-10-11-9-6-4-2;1-5(8)4-9-6(2)3-7/h3-10H2,1-2H3;5-8H,3-4H2,1-2H3. The van der Waals surface area contributed by atoms with Gasteiger partial charge >= 0.3 is 0 Å². The van der Waals surface area contributed by atoms with Crippen LogP contribution in [0.15, 0.2) is 0 Å². The van der Waals surface area contributed by atoms with E-state index in [4.69, 9.17) is 19.7 Å². The number of unbranched alkanes of at least 4 members (excludes halogenated alkanes) is 4. The fraction of sp³-hybridized carbons (Fsp3) is 1.00. The zero-order chi connectivity index (χ0) is 15.6. The Morgan fingerprint density at radius 2 is 1.50 bits per heavy atom. The number of hydrogen-bond donors (Lipinski definition) is 2. The van der Waals surface area contributed by atoms with E-state index in [0.29, 0.717) is 6.61 Å². The van der Waals surface area contributed by atoms with E-state index in [1.807, 2.05) is 0 Å². The van der Waals surface area contributed by atoms with Crippen LogP contribution in [-0.4, -0.2) is 48.8 Å². The Balaban J connectivity index is 0. The minimum absolute atomic E-state index is 0.00667. The van der Waals surface area contributed by atoms with Crippen LogP contribution in [-0.2, 0) is 9.47 Å². The van der Waals surface area contributed by atoms with Crippen LogP contribution in [0.5, 0.6) is 0 Å². The first-order valence-electron chi connectivity index (χ1n) is 8.06. The van der Waals surface area contributed by atoms with Crippen LogP contribution in [0.1, 0.15) is 66.2 Å². The van der Waals surface area contributed by atoms with Gasteiger partial charge in [-0.15, -0.1) is 0 Å². The lowest BCUT2D eigenvalue weighted by molar-refractivity contribution is -0.0177. The second kappa shape index (κ2) is 18.8. The first kappa shape index (κ1) is 22.1. The van der Waals surface area contributed by atoms with Crippen molar-refractivity contribution in [2.75, 3.05) is 26.4 Å². The Labute approximate surface area is 125 Å². The number of aliphatic hydroxyl groups is 2. The predicted octanol–water partition coefficient (Wildman–Crippen LogP) is 3.15. The summed E-state index contributed by atoms with van der Waals surface area (Å²) in [4.78, 5) is 0. The molecule has 0 aromatic carbocycles. The first-order chi connectivity index (χ1) is 9.58. The van der Waals surface area contributed by atoms with Crippen molar-refractivity contribution >= 4 is 0 Å². The van der Waals surface area contributed by atoms with E-state index < -0.39 is 6.10 Å². The third-order valence-electron chi connectivity index (χ3n) is 2.66. The quantitative estimate of drug-likeness (QED) is 0.543. The molecule has 0 fully saturated rings. The number of aliphatic hydroxyl groups excluding tert-OH is 2. The monoisotopic (exact) mass is 292 g/mol. The van der Waals surface area contributed by atoms with E-state index in [0.717, 1.165) is 13.2 Å². The molecule has 0 aliphatic heterocycles. The Bertz CT molecular complexity index is 155. The van der Waals surface area contributed by atoms with Crippen LogP contribution in [0, 0.1) is 0 Å². The molecule has 0 aliphatic carbocycles. The van der Waals surface area contributed by atoms with Crippen molar-refractivity contribution in [3.63, 3.8) is 0 Å². The molecule has 0 spiro atoms. The van der Waals surface area contributed by atoms with Crippen LogP contribution in [0.4, 0.5) is 0 Å². The summed E-state index contributed by atoms with van der Waals surface area (Å²) in [6.45, 7) is 10.1. The highest BCUT2D eigenvalue weighted by molar-refractivity contribution is 4.47. The Morgan fingerprint density at radius 3 is 2.00 bits per heavy atom. The molecule has 0 aromatic rings. The van der Waals surface area contributed by atoms with Gasteiger partial charge in [-0.1, -0.05) is 39.5 Å². The molecule has 2 N–H and O–H groups in total. The lowest BCUT2D eigenvalue weighted by Gasteiger charge is -2.10. The second-order valence-corrected chi connectivity index (χ2v) is 5.20. The van der Waals surface area contributed by atoms with Gasteiger partial charge in [0.2, 0.25) is 0 Å². The summed E-state index contributed by atoms with van der Waals surface area (Å²) in [7, 11) is 0. The summed E-state index contributed by atoms with van der Waals surface area (Å²) in [5.74, 6) is 0. The van der Waals surface area contributed by atoms with Gasteiger partial charge in [0.25, 0.3) is 0 Å². The van der Waals surface area contributed by atoms with Crippen molar-refractivity contribution in [2.45, 2.75) is 78.4 Å². The lowest BCUT2D eigenvalue weighted by Crippen LogP contribution is -2.19. The van der Waals surface area contributed by atoms with Crippen molar-refractivity contribution in [2.24, 2.45) is 0 Å². The molecule has 0 aliphatic rings. The molecule has 4 nitrogen and oxygen atoms in total. The largest absolute Gasteiger partial charge is 0.394 e. The van der Waals surface area contributed by atoms with E-state index in [9.17, 15) is 0 Å². The molecule has 0 saturated heterocycles. The van der Waals surface area contributed by atoms with Gasteiger partial charge in [0.1, 0.15) is 0 Å². The highest BCUT2D eigenvalue weighted by atomic mass is 16.5. The van der Waals surface area contributed by atoms with Gasteiger partial charge in [-0.3, -0.25) is 0 Å². The summed E-state index contributed by atoms with van der Waals surface area (Å²) in [5.41, 5.74) is 0. The highest BCUT2D eigenvalue weighted by Gasteiger charge is 2.00. The minimum Gasteiger partial charge on any atom is -0.394 e. The molecule has 20 heavy (non-hydrogen) atoms. The molecule has 4 heteroatoms. The van der Waals surface area contributed by atoms with Gasteiger partial charge in [0.05, 0.1) is 25.4 Å². The topological polar surface area (TPSA) is 58.9 Å². The molecule has 0 saturated carbocycles. The maximum Gasteiger partial charge on any atom is 0.0779 e. The van der Waals surface area contributed by atoms with Crippen LogP contribution >= 0.6 is 0 Å². The van der Waals surface area contributed by atoms with Crippen LogP contribution in [0.2, 0.25) is 0 Å². The molecule has 0 bridgehead atoms. The molecular weight excluding hydrogens is 256 g/mol. The van der Waals surface area contributed by atoms with Gasteiger partial charge in [0.15, 0.2) is 0 Å². The number of ether oxygens (including phenoxy) is 2. The van der Waals surface area contributed by atoms with Gasteiger partial charge in [-0.2, -0.15) is 0 Å². The van der Waals surface area contributed by atoms with Crippen LogP contribution in [0.3, 0.4) is 0 Å². The molecule has 2 atom stereocenters. The van der Waals surface area contributed by atoms with E-state index in [1.165, 1.54) is 38.5 Å². The molecule has 0 radical (unpaired) electrons. The zero-order valence-corrected chi connectivity index (χ0v) is 13.9. The molecular formula is C16H36O4. The van der Waals surface area contributed by atoms with Gasteiger partial charge in [-0.05, 0) is 26.7 Å². The van der Waals surface area contributed by atoms with Gasteiger partial charge < -0.3 is 19.7 Å². The maximum absolute atomic E-state index is 8.69. The second-order valence-electron chi connectivity index (χ2n) is 5.20. The van der Waals surface area contributed by atoms with Crippen molar-refractivity contribution in [1.82, 2.24) is 0 Å². The van der Waals surface area contributed by atoms with E-state index >= 15 is 0 Å². The van der Waals surface area contributed by atoms with E-state index in [2.05, 4.69) is 13.8 Å². The summed E-state index contributed by atoms with van der Waals surface area (Å²) in [6.07, 6.45) is 7.10. The zero-order valence-electron chi connectivity index (χ0n) is 13.9. The molecule has 2 unspecified atom stereocenters. The van der Waals surface area contributed by atoms with Crippen molar-refractivity contribution in [1.29, 1.82) is 0 Å². The van der Waals surface area contributed by atoms with Crippen LogP contribution in [0.25, 0.3) is 0 Å². The predicted molar refractivity (Wildman–Crippen MR) is 84.0 cm³/mol. The Hall–Kier alpha value is -0.160. The minimum atomic E-state index is -0.445. The molecule has 0 aromatic heterocycles. The SMILES string of the molecule is CC(O)COC(C)CO.CCCCCCOCCCC. The normalized spacial score (nSPS) is 13.5. The Kier molecular flexibility index (Phi) is 20.8. The number of hydrogen-bond acceptors (Lipinski definition) is 4. The van der Waals surface area contributed by atoms with Crippen molar-refractivity contribution in [3.05, 3.63) is 0 Å². The summed E-state index contributed by atoms with van der Waals surface area (Å²) < 4.78 is 10.4. The smallest absolute Gasteiger partial charge is 0.0779 e. The first-order valence-corrected chi connectivity index (χ1v) is 8.06.